The van der Waals surface area contributed by atoms with Crippen LogP contribution in [0.15, 0.2) is 18.2 Å². The predicted molar refractivity (Wildman–Crippen MR) is 104 cm³/mol. The van der Waals surface area contributed by atoms with Crippen molar-refractivity contribution in [2.45, 2.75) is 63.8 Å². The number of likely N-dealkylation sites (tertiary alicyclic amines) is 1. The lowest BCUT2D eigenvalue weighted by atomic mass is 9.77. The Bertz CT molecular complexity index is 535. The van der Waals surface area contributed by atoms with Gasteiger partial charge < -0.3 is 10.2 Å². The highest BCUT2D eigenvalue weighted by Crippen LogP contribution is 2.39. The Morgan fingerprint density at radius 3 is 2.52 bits per heavy atom. The molecular weight excluding hydrogens is 335 g/mol. The van der Waals surface area contributed by atoms with Crippen molar-refractivity contribution >= 4 is 11.6 Å². The largest absolute Gasteiger partial charge is 0.314 e. The van der Waals surface area contributed by atoms with E-state index in [-0.39, 0.29) is 5.82 Å². The van der Waals surface area contributed by atoms with Crippen molar-refractivity contribution in [1.29, 1.82) is 0 Å². The van der Waals surface area contributed by atoms with Crippen molar-refractivity contribution in [3.05, 3.63) is 34.6 Å². The number of nitrogens with zero attached hydrogens (tertiary/aromatic N) is 1. The van der Waals surface area contributed by atoms with Gasteiger partial charge in [-0.25, -0.2) is 4.39 Å². The second-order valence-corrected chi connectivity index (χ2v) is 8.24. The van der Waals surface area contributed by atoms with Gasteiger partial charge in [-0.05, 0) is 107 Å². The van der Waals surface area contributed by atoms with Crippen LogP contribution in [0.1, 0.15) is 63.4 Å². The Balaban J connectivity index is 1.36. The van der Waals surface area contributed by atoms with Gasteiger partial charge in [-0.2, -0.15) is 0 Å². The van der Waals surface area contributed by atoms with E-state index in [9.17, 15) is 4.39 Å². The van der Waals surface area contributed by atoms with Gasteiger partial charge in [0.25, 0.3) is 0 Å². The Morgan fingerprint density at radius 2 is 1.84 bits per heavy atom. The third kappa shape index (κ3) is 5.42. The molecule has 0 unspecified atom stereocenters. The van der Waals surface area contributed by atoms with Crippen molar-refractivity contribution in [3.8, 4) is 0 Å². The molecule has 1 N–H and O–H groups in total. The molecule has 1 aromatic rings. The lowest BCUT2D eigenvalue weighted by Crippen LogP contribution is -2.42. The molecule has 0 bridgehead atoms. The highest BCUT2D eigenvalue weighted by molar-refractivity contribution is 6.31. The average Bonchev–Trinajstić information content (AvgIpc) is 2.65. The van der Waals surface area contributed by atoms with Gasteiger partial charge in [-0.15, -0.1) is 0 Å². The van der Waals surface area contributed by atoms with Crippen molar-refractivity contribution in [2.24, 2.45) is 5.92 Å². The molecule has 2 fully saturated rings. The van der Waals surface area contributed by atoms with Crippen LogP contribution >= 0.6 is 11.6 Å². The van der Waals surface area contributed by atoms with Gasteiger partial charge in [0, 0.05) is 11.1 Å². The molecule has 0 radical (unpaired) electrons. The van der Waals surface area contributed by atoms with E-state index in [1.165, 1.54) is 57.8 Å². The minimum absolute atomic E-state index is 0.167. The smallest absolute Gasteiger partial charge is 0.123 e. The van der Waals surface area contributed by atoms with Gasteiger partial charge in [0.05, 0.1) is 0 Å². The lowest BCUT2D eigenvalue weighted by molar-refractivity contribution is 0.203. The summed E-state index contributed by atoms with van der Waals surface area (Å²) in [5, 5.41) is 4.50. The Kier molecular flexibility index (Phi) is 7.15. The zero-order valence-corrected chi connectivity index (χ0v) is 16.2. The van der Waals surface area contributed by atoms with Gasteiger partial charge in [0.1, 0.15) is 5.82 Å². The third-order valence-electron chi connectivity index (χ3n) is 6.27. The second kappa shape index (κ2) is 9.34. The maximum Gasteiger partial charge on any atom is 0.123 e. The molecule has 3 rings (SSSR count). The average molecular weight is 367 g/mol. The molecule has 1 aliphatic carbocycles. The number of nitrogens with one attached hydrogen (secondary N) is 1. The highest BCUT2D eigenvalue weighted by Gasteiger charge is 2.24. The normalized spacial score (nSPS) is 26.0. The highest BCUT2D eigenvalue weighted by atomic mass is 35.5. The van der Waals surface area contributed by atoms with Gasteiger partial charge in [-0.1, -0.05) is 18.5 Å². The van der Waals surface area contributed by atoms with E-state index in [0.717, 1.165) is 35.9 Å². The van der Waals surface area contributed by atoms with Crippen LogP contribution in [0.25, 0.3) is 0 Å². The molecule has 2 aliphatic rings. The quantitative estimate of drug-likeness (QED) is 0.742. The summed E-state index contributed by atoms with van der Waals surface area (Å²) < 4.78 is 13.5. The van der Waals surface area contributed by atoms with E-state index in [1.54, 1.807) is 12.1 Å². The first kappa shape index (κ1) is 19.1. The summed E-state index contributed by atoms with van der Waals surface area (Å²) in [5.41, 5.74) is 1.01. The van der Waals surface area contributed by atoms with Gasteiger partial charge >= 0.3 is 0 Å². The minimum atomic E-state index is -0.167. The first-order valence-electron chi connectivity index (χ1n) is 10.1. The summed E-state index contributed by atoms with van der Waals surface area (Å²) in [4.78, 5) is 2.54. The summed E-state index contributed by atoms with van der Waals surface area (Å²) in [5.74, 6) is 1.08. The molecular formula is C21H32ClFN2. The van der Waals surface area contributed by atoms with E-state index in [0.29, 0.717) is 12.0 Å². The van der Waals surface area contributed by atoms with Crippen molar-refractivity contribution in [3.63, 3.8) is 0 Å². The third-order valence-corrected chi connectivity index (χ3v) is 6.61. The van der Waals surface area contributed by atoms with Crippen molar-refractivity contribution < 1.29 is 4.39 Å². The standard InChI is InChI=1S/C21H32ClFN2/c1-2-25-13-10-19(11-14-25)24-12-9-16-3-5-17(6-4-16)20-15-18(23)7-8-21(20)22/h7-8,15-17,19,24H,2-6,9-14H2,1H3. The molecule has 1 saturated heterocycles. The molecule has 0 spiro atoms. The van der Waals surface area contributed by atoms with Crippen LogP contribution in [-0.2, 0) is 0 Å². The van der Waals surface area contributed by atoms with Gasteiger partial charge in [0.2, 0.25) is 0 Å². The second-order valence-electron chi connectivity index (χ2n) is 7.83. The zero-order chi connectivity index (χ0) is 17.6. The topological polar surface area (TPSA) is 15.3 Å². The predicted octanol–water partition coefficient (Wildman–Crippen LogP) is 5.22. The number of halogens is 2. The number of hydrogen-bond donors (Lipinski definition) is 1. The van der Waals surface area contributed by atoms with Crippen LogP contribution in [0.2, 0.25) is 5.02 Å². The first-order chi connectivity index (χ1) is 12.2. The fourth-order valence-corrected chi connectivity index (χ4v) is 4.81. The van der Waals surface area contributed by atoms with Crippen molar-refractivity contribution in [1.82, 2.24) is 10.2 Å². The van der Waals surface area contributed by atoms with Crippen LogP contribution in [0.4, 0.5) is 4.39 Å². The minimum Gasteiger partial charge on any atom is -0.314 e. The molecule has 0 atom stereocenters. The SMILES string of the molecule is CCN1CCC(NCCC2CCC(c3cc(F)ccc3Cl)CC2)CC1. The van der Waals surface area contributed by atoms with E-state index in [4.69, 9.17) is 11.6 Å². The maximum absolute atomic E-state index is 13.5. The fraction of sp³-hybridized carbons (Fsp3) is 0.714. The monoisotopic (exact) mass is 366 g/mol. The zero-order valence-electron chi connectivity index (χ0n) is 15.4. The van der Waals surface area contributed by atoms with E-state index in [2.05, 4.69) is 17.1 Å². The molecule has 25 heavy (non-hydrogen) atoms. The fourth-order valence-electron chi connectivity index (χ4n) is 4.53. The summed E-state index contributed by atoms with van der Waals surface area (Å²) in [6.07, 6.45) is 8.63. The van der Waals surface area contributed by atoms with E-state index >= 15 is 0 Å². The van der Waals surface area contributed by atoms with E-state index in [1.807, 2.05) is 0 Å². The van der Waals surface area contributed by atoms with Crippen LogP contribution in [-0.4, -0.2) is 37.1 Å². The first-order valence-corrected chi connectivity index (χ1v) is 10.4. The molecule has 0 amide bonds. The Hall–Kier alpha value is -0.640. The van der Waals surface area contributed by atoms with Gasteiger partial charge in [-0.3, -0.25) is 0 Å². The molecule has 0 aromatic heterocycles. The molecule has 1 aliphatic heterocycles. The Labute approximate surface area is 157 Å². The molecule has 140 valence electrons. The van der Waals surface area contributed by atoms with Gasteiger partial charge in [0.15, 0.2) is 0 Å². The molecule has 1 aromatic carbocycles. The molecule has 2 nitrogen and oxygen atoms in total. The van der Waals surface area contributed by atoms with Crippen LogP contribution in [0.3, 0.4) is 0 Å². The van der Waals surface area contributed by atoms with E-state index < -0.39 is 0 Å². The summed E-state index contributed by atoms with van der Waals surface area (Å²) >= 11 is 6.28. The lowest BCUT2D eigenvalue weighted by Gasteiger charge is -2.33. The number of rotatable bonds is 6. The Morgan fingerprint density at radius 1 is 1.12 bits per heavy atom. The summed E-state index contributed by atoms with van der Waals surface area (Å²) in [7, 11) is 0. The summed E-state index contributed by atoms with van der Waals surface area (Å²) in [6, 6.07) is 5.50. The number of hydrogen-bond acceptors (Lipinski definition) is 2. The van der Waals surface area contributed by atoms with Crippen LogP contribution in [0.5, 0.6) is 0 Å². The van der Waals surface area contributed by atoms with Crippen molar-refractivity contribution in [2.75, 3.05) is 26.2 Å². The molecule has 4 heteroatoms. The maximum atomic E-state index is 13.5. The van der Waals surface area contributed by atoms with Crippen LogP contribution < -0.4 is 5.32 Å². The number of benzene rings is 1. The summed E-state index contributed by atoms with van der Waals surface area (Å²) in [6.45, 7) is 7.07. The molecule has 1 saturated carbocycles. The number of piperidine rings is 1. The van der Waals surface area contributed by atoms with Crippen LogP contribution in [0, 0.1) is 11.7 Å². The molecule has 1 heterocycles.